The van der Waals surface area contributed by atoms with Gasteiger partial charge < -0.3 is 18.9 Å². The molecule has 2 aromatic carbocycles. The first-order chi connectivity index (χ1) is 17.6. The number of rotatable bonds is 3. The van der Waals surface area contributed by atoms with E-state index in [2.05, 4.69) is 29.0 Å². The first-order valence-electron chi connectivity index (χ1n) is 13.3. The van der Waals surface area contributed by atoms with Crippen LogP contribution in [-0.4, -0.2) is 19.9 Å². The Kier molecular flexibility index (Phi) is 4.27. The molecular weight excluding hydrogens is 454 g/mol. The topological polar surface area (TPSA) is 57.9 Å². The van der Waals surface area contributed by atoms with Crippen LogP contribution in [0.15, 0.2) is 36.5 Å². The maximum absolute atomic E-state index is 13.6. The van der Waals surface area contributed by atoms with Crippen LogP contribution in [0.3, 0.4) is 0 Å². The molecule has 0 unspecified atom stereocenters. The number of hydrogen-bond acceptors (Lipinski definition) is 5. The molecule has 4 fully saturated rings. The number of fused-ring (bicyclic) bond motifs is 5. The number of pyridine rings is 1. The van der Waals surface area contributed by atoms with Crippen LogP contribution in [0, 0.1) is 23.2 Å². The number of ether oxygens (including phenoxy) is 4. The largest absolute Gasteiger partial charge is 0.492 e. The quantitative estimate of drug-likeness (QED) is 0.290. The van der Waals surface area contributed by atoms with E-state index in [1.807, 2.05) is 12.1 Å². The van der Waals surface area contributed by atoms with Crippen LogP contribution < -0.4 is 23.5 Å². The summed E-state index contributed by atoms with van der Waals surface area (Å²) in [5.41, 5.74) is 3.28. The Balaban J connectivity index is 1.17. The van der Waals surface area contributed by atoms with Gasteiger partial charge in [-0.1, -0.05) is 0 Å². The average Bonchev–Trinajstić information content (AvgIpc) is 3.33. The zero-order valence-corrected chi connectivity index (χ0v) is 20.5. The maximum atomic E-state index is 13.6. The second kappa shape index (κ2) is 7.37. The lowest BCUT2D eigenvalue weighted by molar-refractivity contribution is -0.686. The highest BCUT2D eigenvalue weighted by Crippen LogP contribution is 2.60. The number of aryl methyl sites for hydroxylation is 2. The van der Waals surface area contributed by atoms with E-state index in [9.17, 15) is 4.79 Å². The molecule has 4 bridgehead atoms. The predicted octanol–water partition coefficient (Wildman–Crippen LogP) is 5.21. The first kappa shape index (κ1) is 20.9. The molecule has 9 rings (SSSR count). The van der Waals surface area contributed by atoms with E-state index in [1.54, 1.807) is 7.11 Å². The van der Waals surface area contributed by atoms with Gasteiger partial charge in [-0.3, -0.25) is 4.79 Å². The maximum Gasteiger partial charge on any atom is 0.317 e. The Morgan fingerprint density at radius 3 is 2.44 bits per heavy atom. The van der Waals surface area contributed by atoms with Crippen LogP contribution in [0.4, 0.5) is 0 Å². The molecule has 3 heterocycles. The highest BCUT2D eigenvalue weighted by molar-refractivity contribution is 5.93. The predicted molar refractivity (Wildman–Crippen MR) is 132 cm³/mol. The van der Waals surface area contributed by atoms with Crippen LogP contribution in [0.1, 0.15) is 44.1 Å². The fraction of sp³-hybridized carbons (Fsp3) is 0.467. The molecule has 0 spiro atoms. The summed E-state index contributed by atoms with van der Waals surface area (Å²) in [4.78, 5) is 13.6. The summed E-state index contributed by atoms with van der Waals surface area (Å²) >= 11 is 0. The summed E-state index contributed by atoms with van der Waals surface area (Å²) < 4.78 is 25.5. The highest BCUT2D eigenvalue weighted by Gasteiger charge is 2.55. The van der Waals surface area contributed by atoms with E-state index in [0.717, 1.165) is 60.2 Å². The van der Waals surface area contributed by atoms with Gasteiger partial charge in [0.15, 0.2) is 35.7 Å². The molecule has 0 radical (unpaired) electrons. The fourth-order valence-corrected chi connectivity index (χ4v) is 8.26. The molecule has 0 amide bonds. The van der Waals surface area contributed by atoms with Gasteiger partial charge in [-0.05, 0) is 91.5 Å². The van der Waals surface area contributed by atoms with E-state index in [4.69, 9.17) is 18.9 Å². The van der Waals surface area contributed by atoms with E-state index in [1.165, 1.54) is 30.4 Å². The monoisotopic (exact) mass is 484 g/mol. The number of nitrogens with zero attached hydrogens (tertiary/aromatic N) is 1. The molecule has 1 aromatic heterocycles. The minimum Gasteiger partial charge on any atom is -0.492 e. The van der Waals surface area contributed by atoms with Gasteiger partial charge in [0.05, 0.1) is 23.5 Å². The van der Waals surface area contributed by atoms with Crippen molar-refractivity contribution in [2.75, 3.05) is 13.9 Å². The van der Waals surface area contributed by atoms with Crippen molar-refractivity contribution in [2.45, 2.75) is 51.5 Å². The molecular formula is C30H30NO5+. The first-order valence-corrected chi connectivity index (χ1v) is 13.3. The van der Waals surface area contributed by atoms with Crippen LogP contribution in [0.5, 0.6) is 23.0 Å². The van der Waals surface area contributed by atoms with Crippen molar-refractivity contribution in [1.29, 1.82) is 0 Å². The van der Waals surface area contributed by atoms with Crippen LogP contribution in [0.2, 0.25) is 0 Å². The highest BCUT2D eigenvalue weighted by atomic mass is 16.7. The van der Waals surface area contributed by atoms with Gasteiger partial charge in [-0.25, -0.2) is 0 Å². The summed E-state index contributed by atoms with van der Waals surface area (Å²) in [6.07, 6.45) is 9.95. The number of esters is 1. The van der Waals surface area contributed by atoms with Gasteiger partial charge >= 0.3 is 5.97 Å². The number of carbonyl (C=O) groups is 1. The van der Waals surface area contributed by atoms with Gasteiger partial charge in [-0.2, -0.15) is 4.57 Å². The van der Waals surface area contributed by atoms with Gasteiger partial charge in [0.25, 0.3) is 0 Å². The lowest BCUT2D eigenvalue weighted by Crippen LogP contribution is -2.51. The zero-order valence-electron chi connectivity index (χ0n) is 20.5. The lowest BCUT2D eigenvalue weighted by atomic mass is 9.49. The normalized spacial score (nSPS) is 28.6. The fourth-order valence-electron chi connectivity index (χ4n) is 8.26. The molecule has 36 heavy (non-hydrogen) atoms. The minimum absolute atomic E-state index is 0.0464. The van der Waals surface area contributed by atoms with Crippen LogP contribution >= 0.6 is 0 Å². The Labute approximate surface area is 210 Å². The Morgan fingerprint density at radius 2 is 1.72 bits per heavy atom. The van der Waals surface area contributed by atoms with E-state index in [0.29, 0.717) is 29.3 Å². The third-order valence-corrected chi connectivity index (χ3v) is 9.45. The molecule has 4 aliphatic carbocycles. The van der Waals surface area contributed by atoms with Gasteiger partial charge in [0.2, 0.25) is 12.5 Å². The summed E-state index contributed by atoms with van der Waals surface area (Å²) in [5.74, 6) is 4.85. The smallest absolute Gasteiger partial charge is 0.317 e. The Bertz CT molecular complexity index is 1410. The second-order valence-electron chi connectivity index (χ2n) is 11.7. The third-order valence-electron chi connectivity index (χ3n) is 9.45. The second-order valence-corrected chi connectivity index (χ2v) is 11.7. The summed E-state index contributed by atoms with van der Waals surface area (Å²) in [6.45, 7) is 1.14. The molecule has 184 valence electrons. The number of hydrogen-bond donors (Lipinski definition) is 0. The Hall–Kier alpha value is -3.28. The SMILES string of the molecule is COc1c(OC(=O)C23CC4CC(CC(C4)C2)C3)ccc2cc3[n+](cc12)CCc1cc2c(cc1-3)OCO2. The van der Waals surface area contributed by atoms with E-state index < -0.39 is 0 Å². The standard InChI is InChI=1S/C30H30NO5/c1-33-28-23-15-31-5-4-21-10-26-27(35-16-34-26)11-22(21)24(31)9-20(23)2-3-25(28)36-29(32)30-12-17-6-18(13-30)8-19(7-17)14-30/h2-3,9-11,15,17-19H,4-8,12-14,16H2,1H3/q+1. The van der Waals surface area contributed by atoms with Crippen LogP contribution in [-0.2, 0) is 17.8 Å². The van der Waals surface area contributed by atoms with E-state index in [-0.39, 0.29) is 18.2 Å². The average molecular weight is 485 g/mol. The van der Waals surface area contributed by atoms with Crippen molar-refractivity contribution in [2.24, 2.45) is 23.2 Å². The number of benzene rings is 2. The lowest BCUT2D eigenvalue weighted by Gasteiger charge is -2.55. The molecule has 0 saturated heterocycles. The molecule has 0 atom stereocenters. The molecule has 6 heteroatoms. The number of aromatic nitrogens is 1. The van der Waals surface area contributed by atoms with Crippen molar-refractivity contribution in [1.82, 2.24) is 0 Å². The Morgan fingerprint density at radius 1 is 1.00 bits per heavy atom. The minimum atomic E-state index is -0.297. The molecule has 2 aliphatic heterocycles. The molecule has 6 aliphatic rings. The molecule has 0 N–H and O–H groups in total. The molecule has 6 nitrogen and oxygen atoms in total. The summed E-state index contributed by atoms with van der Waals surface area (Å²) in [7, 11) is 1.66. The van der Waals surface area contributed by atoms with Crippen molar-refractivity contribution < 1.29 is 28.3 Å². The van der Waals surface area contributed by atoms with Gasteiger partial charge in [0.1, 0.15) is 0 Å². The van der Waals surface area contributed by atoms with E-state index >= 15 is 0 Å². The molecule has 4 saturated carbocycles. The van der Waals surface area contributed by atoms with Crippen molar-refractivity contribution in [3.63, 3.8) is 0 Å². The van der Waals surface area contributed by atoms with Gasteiger partial charge in [0, 0.05) is 12.5 Å². The van der Waals surface area contributed by atoms with Gasteiger partial charge in [-0.15, -0.1) is 0 Å². The number of methoxy groups -OCH3 is 1. The number of carbonyl (C=O) groups excluding carboxylic acids is 1. The summed E-state index contributed by atoms with van der Waals surface area (Å²) in [5, 5.41) is 2.01. The summed E-state index contributed by atoms with van der Waals surface area (Å²) in [6, 6.07) is 10.3. The third kappa shape index (κ3) is 2.96. The van der Waals surface area contributed by atoms with Crippen LogP contribution in [0.25, 0.3) is 22.0 Å². The van der Waals surface area contributed by atoms with Crippen molar-refractivity contribution in [3.05, 3.63) is 42.1 Å². The molecule has 3 aromatic rings. The van der Waals surface area contributed by atoms with Crippen molar-refractivity contribution in [3.8, 4) is 34.3 Å². The zero-order chi connectivity index (χ0) is 24.0. The van der Waals surface area contributed by atoms with Crippen molar-refractivity contribution >= 4 is 16.7 Å².